The molecule has 0 atom stereocenters. The summed E-state index contributed by atoms with van der Waals surface area (Å²) in [6.45, 7) is -0.729. The van der Waals surface area contributed by atoms with E-state index >= 15 is 0 Å². The number of hydrogen-bond donors (Lipinski definition) is 3. The maximum absolute atomic E-state index is 8.17. The van der Waals surface area contributed by atoms with Gasteiger partial charge in [-0.15, -0.1) is 12.4 Å². The van der Waals surface area contributed by atoms with Crippen LogP contribution in [0.4, 0.5) is 0 Å². The van der Waals surface area contributed by atoms with Crippen molar-refractivity contribution < 1.29 is 20.8 Å². The van der Waals surface area contributed by atoms with Crippen molar-refractivity contribution in [1.82, 2.24) is 0 Å². The Balaban J connectivity index is -0.000000125. The Morgan fingerprint density at radius 2 is 1.38 bits per heavy atom. The van der Waals surface area contributed by atoms with Gasteiger partial charge in [0.15, 0.2) is 0 Å². The highest BCUT2D eigenvalue weighted by Gasteiger charge is 1.93. The lowest BCUT2D eigenvalue weighted by Gasteiger charge is -1.96. The molecule has 0 aliphatic rings. The predicted octanol–water partition coefficient (Wildman–Crippen LogP) is -2.07. The van der Waals surface area contributed by atoms with Crippen LogP contribution in [0.2, 0.25) is 0 Å². The average molecular weight is 147 g/mol. The third-order valence-electron chi connectivity index (χ3n) is 0.421. The third kappa shape index (κ3) is 9.46. The van der Waals surface area contributed by atoms with Gasteiger partial charge in [0.1, 0.15) is 6.10 Å². The molecule has 0 aromatic carbocycles. The zero-order valence-corrected chi connectivity index (χ0v) is 5.06. The quantitative estimate of drug-likeness (QED) is 0.418. The maximum atomic E-state index is 8.17. The molecule has 0 bridgehead atoms. The molecule has 0 heterocycles. The molecular weight excluding hydrogens is 135 g/mol. The standard InChI is InChI=1S/C3H8O3.ClH.H2O/c4-1-3(6)2-5;;/h3-6H,1-2H2;1H;1H2. The van der Waals surface area contributed by atoms with Crippen LogP contribution in [-0.4, -0.2) is 40.1 Å². The fraction of sp³-hybridized carbons (Fsp3) is 1.00. The molecule has 54 valence electrons. The Morgan fingerprint density at radius 3 is 1.38 bits per heavy atom. The second kappa shape index (κ2) is 10.2. The summed E-state index contributed by atoms with van der Waals surface area (Å²) in [6, 6.07) is 0. The van der Waals surface area contributed by atoms with Crippen molar-refractivity contribution in [3.63, 3.8) is 0 Å². The molecule has 0 fully saturated rings. The molecule has 0 aliphatic heterocycles. The number of hydrogen-bond acceptors (Lipinski definition) is 3. The monoisotopic (exact) mass is 146 g/mol. The van der Waals surface area contributed by atoms with E-state index in [1.807, 2.05) is 0 Å². The Hall–Kier alpha value is 0.130. The second-order valence-electron chi connectivity index (χ2n) is 1.02. The van der Waals surface area contributed by atoms with Crippen LogP contribution in [0, 0.1) is 0 Å². The van der Waals surface area contributed by atoms with Crippen LogP contribution in [0.3, 0.4) is 0 Å². The highest BCUT2D eigenvalue weighted by molar-refractivity contribution is 5.85. The molecular formula is C3H11ClO4. The summed E-state index contributed by atoms with van der Waals surface area (Å²) in [5, 5.41) is 24.0. The van der Waals surface area contributed by atoms with Gasteiger partial charge in [0.2, 0.25) is 0 Å². The second-order valence-corrected chi connectivity index (χ2v) is 1.02. The molecule has 0 aliphatic carbocycles. The summed E-state index contributed by atoms with van der Waals surface area (Å²) in [7, 11) is 0. The number of aliphatic hydroxyl groups excluding tert-OH is 3. The minimum atomic E-state index is -0.954. The minimum Gasteiger partial charge on any atom is -0.412 e. The summed E-state index contributed by atoms with van der Waals surface area (Å²) >= 11 is 0. The van der Waals surface area contributed by atoms with Gasteiger partial charge in [-0.1, -0.05) is 0 Å². The molecule has 4 nitrogen and oxygen atoms in total. The number of rotatable bonds is 2. The van der Waals surface area contributed by atoms with Crippen molar-refractivity contribution in [2.45, 2.75) is 6.10 Å². The normalized spacial score (nSPS) is 7.50. The van der Waals surface area contributed by atoms with Crippen LogP contribution in [0.5, 0.6) is 0 Å². The van der Waals surface area contributed by atoms with Gasteiger partial charge < -0.3 is 20.8 Å². The Kier molecular flexibility index (Phi) is 20.0. The molecule has 8 heavy (non-hydrogen) atoms. The van der Waals surface area contributed by atoms with Crippen molar-refractivity contribution in [3.8, 4) is 0 Å². The Labute approximate surface area is 53.5 Å². The molecule has 0 rings (SSSR count). The Bertz CT molecular complexity index is 30.5. The van der Waals surface area contributed by atoms with E-state index in [0.29, 0.717) is 0 Å². The van der Waals surface area contributed by atoms with Gasteiger partial charge in [0.25, 0.3) is 0 Å². The summed E-state index contributed by atoms with van der Waals surface area (Å²) < 4.78 is 0. The highest BCUT2D eigenvalue weighted by atomic mass is 35.5. The van der Waals surface area contributed by atoms with Gasteiger partial charge in [-0.2, -0.15) is 0 Å². The van der Waals surface area contributed by atoms with Crippen molar-refractivity contribution in [2.75, 3.05) is 13.2 Å². The summed E-state index contributed by atoms with van der Waals surface area (Å²) in [4.78, 5) is 0. The van der Waals surface area contributed by atoms with Crippen LogP contribution in [0.25, 0.3) is 0 Å². The van der Waals surface area contributed by atoms with Crippen molar-refractivity contribution in [1.29, 1.82) is 0 Å². The zero-order valence-electron chi connectivity index (χ0n) is 4.24. The van der Waals surface area contributed by atoms with Gasteiger partial charge in [0.05, 0.1) is 13.2 Å². The predicted molar refractivity (Wildman–Crippen MR) is 31.0 cm³/mol. The van der Waals surface area contributed by atoms with Gasteiger partial charge in [-0.3, -0.25) is 0 Å². The third-order valence-corrected chi connectivity index (χ3v) is 0.421. The highest BCUT2D eigenvalue weighted by Crippen LogP contribution is 1.71. The van der Waals surface area contributed by atoms with Crippen LogP contribution in [0.15, 0.2) is 0 Å². The fourth-order valence-electron chi connectivity index (χ4n) is 0.0577. The van der Waals surface area contributed by atoms with E-state index in [-0.39, 0.29) is 31.1 Å². The van der Waals surface area contributed by atoms with Crippen LogP contribution >= 0.6 is 12.4 Å². The molecule has 0 radical (unpaired) electrons. The minimum absolute atomic E-state index is 0. The molecule has 5 N–H and O–H groups in total. The molecule has 0 saturated heterocycles. The molecule has 0 aromatic heterocycles. The van der Waals surface area contributed by atoms with Crippen molar-refractivity contribution >= 4 is 12.4 Å². The fourth-order valence-corrected chi connectivity index (χ4v) is 0.0577. The van der Waals surface area contributed by atoms with Crippen molar-refractivity contribution in [2.24, 2.45) is 0 Å². The Morgan fingerprint density at radius 1 is 1.12 bits per heavy atom. The largest absolute Gasteiger partial charge is 0.412 e. The van der Waals surface area contributed by atoms with Crippen LogP contribution in [0.1, 0.15) is 0 Å². The smallest absolute Gasteiger partial charge is 0.100 e. The van der Waals surface area contributed by atoms with E-state index in [9.17, 15) is 0 Å². The summed E-state index contributed by atoms with van der Waals surface area (Å²) in [5.41, 5.74) is 0. The maximum Gasteiger partial charge on any atom is 0.100 e. The molecule has 5 heteroatoms. The molecule has 0 amide bonds. The molecule has 0 unspecified atom stereocenters. The number of aliphatic hydroxyl groups is 3. The van der Waals surface area contributed by atoms with E-state index in [1.165, 1.54) is 0 Å². The van der Waals surface area contributed by atoms with Gasteiger partial charge in [0, 0.05) is 0 Å². The lowest BCUT2D eigenvalue weighted by atomic mass is 10.4. The van der Waals surface area contributed by atoms with Gasteiger partial charge in [-0.05, 0) is 0 Å². The van der Waals surface area contributed by atoms with Crippen LogP contribution in [-0.2, 0) is 0 Å². The first-order valence-corrected chi connectivity index (χ1v) is 1.71. The summed E-state index contributed by atoms with van der Waals surface area (Å²) in [5.74, 6) is 0. The molecule has 0 saturated carbocycles. The first kappa shape index (κ1) is 15.7. The summed E-state index contributed by atoms with van der Waals surface area (Å²) in [6.07, 6.45) is -0.954. The van der Waals surface area contributed by atoms with Gasteiger partial charge in [-0.25, -0.2) is 0 Å². The van der Waals surface area contributed by atoms with Crippen LogP contribution < -0.4 is 0 Å². The van der Waals surface area contributed by atoms with Gasteiger partial charge >= 0.3 is 0 Å². The zero-order chi connectivity index (χ0) is 4.99. The SMILES string of the molecule is Cl.O.OCC(O)CO. The first-order valence-electron chi connectivity index (χ1n) is 1.71. The lowest BCUT2D eigenvalue weighted by molar-refractivity contribution is 0.0450. The van der Waals surface area contributed by atoms with E-state index in [1.54, 1.807) is 0 Å². The van der Waals surface area contributed by atoms with E-state index in [2.05, 4.69) is 0 Å². The average Bonchev–Trinajstić information content (AvgIpc) is 1.65. The number of halogens is 1. The van der Waals surface area contributed by atoms with Crippen molar-refractivity contribution in [3.05, 3.63) is 0 Å². The topological polar surface area (TPSA) is 92.2 Å². The lowest BCUT2D eigenvalue weighted by Crippen LogP contribution is -2.15. The van der Waals surface area contributed by atoms with E-state index < -0.39 is 6.10 Å². The molecule has 0 aromatic rings. The molecule has 0 spiro atoms. The first-order chi connectivity index (χ1) is 2.81. The van der Waals surface area contributed by atoms with E-state index in [0.717, 1.165) is 0 Å². The van der Waals surface area contributed by atoms with E-state index in [4.69, 9.17) is 15.3 Å².